The minimum atomic E-state index is 0.563. The van der Waals surface area contributed by atoms with Gasteiger partial charge in [-0.15, -0.1) is 0 Å². The molecular formula is C16H24N2S. The summed E-state index contributed by atoms with van der Waals surface area (Å²) < 4.78 is 0. The molecule has 0 bridgehead atoms. The van der Waals surface area contributed by atoms with Crippen LogP contribution in [0.1, 0.15) is 36.4 Å². The molecule has 0 aliphatic carbocycles. The summed E-state index contributed by atoms with van der Waals surface area (Å²) in [6.07, 6.45) is 4.09. The monoisotopic (exact) mass is 276 g/mol. The molecule has 1 aromatic rings. The first-order chi connectivity index (χ1) is 9.43. The van der Waals surface area contributed by atoms with Crippen LogP contribution in [0.15, 0.2) is 24.3 Å². The largest absolute Gasteiger partial charge is 0.309 e. The number of fused-ring (bicyclic) bond motifs is 1. The van der Waals surface area contributed by atoms with E-state index in [9.17, 15) is 0 Å². The topological polar surface area (TPSA) is 15.3 Å². The number of likely N-dealkylation sites (tertiary alicyclic amines) is 1. The highest BCUT2D eigenvalue weighted by Gasteiger charge is 2.19. The molecule has 0 saturated carbocycles. The van der Waals surface area contributed by atoms with Gasteiger partial charge in [0.15, 0.2) is 0 Å². The van der Waals surface area contributed by atoms with Crippen molar-refractivity contribution >= 4 is 11.8 Å². The molecule has 19 heavy (non-hydrogen) atoms. The van der Waals surface area contributed by atoms with E-state index in [0.29, 0.717) is 6.04 Å². The van der Waals surface area contributed by atoms with E-state index in [1.54, 1.807) is 0 Å². The van der Waals surface area contributed by atoms with Crippen molar-refractivity contribution in [3.63, 3.8) is 0 Å². The maximum Gasteiger partial charge on any atom is 0.0415 e. The Morgan fingerprint density at radius 1 is 1.21 bits per heavy atom. The molecule has 1 saturated heterocycles. The summed E-state index contributed by atoms with van der Waals surface area (Å²) in [5.74, 6) is 2.41. The number of benzene rings is 1. The first kappa shape index (κ1) is 13.5. The lowest BCUT2D eigenvalue weighted by molar-refractivity contribution is 0.328. The molecule has 1 atom stereocenters. The molecule has 0 amide bonds. The Hall–Kier alpha value is -0.510. The minimum Gasteiger partial charge on any atom is -0.309 e. The normalized spacial score (nSPS) is 23.5. The van der Waals surface area contributed by atoms with Gasteiger partial charge < -0.3 is 10.2 Å². The number of nitrogens with one attached hydrogen (secondary N) is 1. The summed E-state index contributed by atoms with van der Waals surface area (Å²) in [5, 5.41) is 3.75. The third-order valence-electron chi connectivity index (χ3n) is 4.21. The second kappa shape index (κ2) is 6.78. The molecule has 2 aliphatic rings. The molecule has 0 spiro atoms. The van der Waals surface area contributed by atoms with Crippen molar-refractivity contribution in [2.45, 2.75) is 31.1 Å². The Bertz CT molecular complexity index is 401. The summed E-state index contributed by atoms with van der Waals surface area (Å²) in [5.41, 5.74) is 3.05. The van der Waals surface area contributed by atoms with Gasteiger partial charge in [-0.3, -0.25) is 0 Å². The van der Waals surface area contributed by atoms with Crippen molar-refractivity contribution in [2.75, 3.05) is 31.9 Å². The quantitative estimate of drug-likeness (QED) is 0.832. The number of hydrogen-bond acceptors (Lipinski definition) is 3. The van der Waals surface area contributed by atoms with Crippen molar-refractivity contribution in [3.8, 4) is 0 Å². The smallest absolute Gasteiger partial charge is 0.0415 e. The lowest BCUT2D eigenvalue weighted by Crippen LogP contribution is -2.30. The van der Waals surface area contributed by atoms with Crippen LogP contribution in [0.2, 0.25) is 0 Å². The first-order valence-corrected chi connectivity index (χ1v) is 8.70. The van der Waals surface area contributed by atoms with Crippen LogP contribution in [-0.4, -0.2) is 36.8 Å². The summed E-state index contributed by atoms with van der Waals surface area (Å²) in [6.45, 7) is 5.06. The lowest BCUT2D eigenvalue weighted by atomic mass is 10.0. The molecule has 3 heteroatoms. The summed E-state index contributed by atoms with van der Waals surface area (Å²) >= 11 is 2.06. The molecule has 2 nitrogen and oxygen atoms in total. The molecule has 1 N–H and O–H groups in total. The molecule has 3 rings (SSSR count). The Kier molecular flexibility index (Phi) is 4.81. The van der Waals surface area contributed by atoms with Crippen molar-refractivity contribution in [3.05, 3.63) is 35.4 Å². The van der Waals surface area contributed by atoms with E-state index in [2.05, 4.69) is 46.2 Å². The Morgan fingerprint density at radius 3 is 2.95 bits per heavy atom. The van der Waals surface area contributed by atoms with E-state index < -0.39 is 0 Å². The van der Waals surface area contributed by atoms with Crippen LogP contribution in [0.25, 0.3) is 0 Å². The average Bonchev–Trinajstić information content (AvgIpc) is 2.97. The van der Waals surface area contributed by atoms with Crippen molar-refractivity contribution in [1.82, 2.24) is 10.2 Å². The predicted molar refractivity (Wildman–Crippen MR) is 83.6 cm³/mol. The fourth-order valence-corrected chi connectivity index (χ4v) is 4.27. The third kappa shape index (κ3) is 3.53. The molecular weight excluding hydrogens is 252 g/mol. The third-order valence-corrected chi connectivity index (χ3v) is 5.30. The fraction of sp³-hybridized carbons (Fsp3) is 0.625. The molecule has 2 aliphatic heterocycles. The standard InChI is InChI=1S/C16H24N2S/c1-2-7-15-14(6-1)12-19-13-16(15)17-8-5-11-18-9-3-4-10-18/h1-2,6-7,16-17H,3-5,8-13H2. The van der Waals surface area contributed by atoms with Gasteiger partial charge in [-0.25, -0.2) is 0 Å². The van der Waals surface area contributed by atoms with Crippen LogP contribution < -0.4 is 5.32 Å². The zero-order valence-electron chi connectivity index (χ0n) is 11.6. The van der Waals surface area contributed by atoms with Gasteiger partial charge in [0.25, 0.3) is 0 Å². The van der Waals surface area contributed by atoms with Crippen molar-refractivity contribution in [2.24, 2.45) is 0 Å². The first-order valence-electron chi connectivity index (χ1n) is 7.55. The highest BCUT2D eigenvalue weighted by Crippen LogP contribution is 2.31. The molecule has 1 unspecified atom stereocenters. The molecule has 2 heterocycles. The van der Waals surface area contributed by atoms with Crippen molar-refractivity contribution < 1.29 is 0 Å². The summed E-state index contributed by atoms with van der Waals surface area (Å²) in [7, 11) is 0. The van der Waals surface area contributed by atoms with Crippen LogP contribution in [0.4, 0.5) is 0 Å². The number of rotatable bonds is 5. The minimum absolute atomic E-state index is 0.563. The average molecular weight is 276 g/mol. The van der Waals surface area contributed by atoms with Crippen LogP contribution in [-0.2, 0) is 5.75 Å². The maximum absolute atomic E-state index is 3.75. The van der Waals surface area contributed by atoms with E-state index in [4.69, 9.17) is 0 Å². The van der Waals surface area contributed by atoms with Gasteiger partial charge in [0, 0.05) is 17.5 Å². The van der Waals surface area contributed by atoms with Gasteiger partial charge >= 0.3 is 0 Å². The van der Waals surface area contributed by atoms with Crippen LogP contribution in [0, 0.1) is 0 Å². The van der Waals surface area contributed by atoms with Crippen LogP contribution in [0.5, 0.6) is 0 Å². The van der Waals surface area contributed by atoms with Gasteiger partial charge in [-0.05, 0) is 56.6 Å². The highest BCUT2D eigenvalue weighted by molar-refractivity contribution is 7.98. The van der Waals surface area contributed by atoms with Crippen molar-refractivity contribution in [1.29, 1.82) is 0 Å². The van der Waals surface area contributed by atoms with Crippen LogP contribution in [0.3, 0.4) is 0 Å². The van der Waals surface area contributed by atoms with E-state index in [1.807, 2.05) is 0 Å². The Morgan fingerprint density at radius 2 is 2.05 bits per heavy atom. The molecule has 0 radical (unpaired) electrons. The number of hydrogen-bond donors (Lipinski definition) is 1. The predicted octanol–water partition coefficient (Wildman–Crippen LogP) is 3.05. The van der Waals surface area contributed by atoms with Gasteiger partial charge in [-0.1, -0.05) is 24.3 Å². The van der Waals surface area contributed by atoms with Gasteiger partial charge in [-0.2, -0.15) is 11.8 Å². The summed E-state index contributed by atoms with van der Waals surface area (Å²) in [6, 6.07) is 9.48. The van der Waals surface area contributed by atoms with Crippen LogP contribution >= 0.6 is 11.8 Å². The second-order valence-corrected chi connectivity index (χ2v) is 6.65. The fourth-order valence-electron chi connectivity index (χ4n) is 3.14. The Labute approximate surface area is 121 Å². The Balaban J connectivity index is 1.45. The number of thioether (sulfide) groups is 1. The van der Waals surface area contributed by atoms with E-state index >= 15 is 0 Å². The summed E-state index contributed by atoms with van der Waals surface area (Å²) in [4.78, 5) is 2.60. The number of nitrogens with zero attached hydrogens (tertiary/aromatic N) is 1. The highest BCUT2D eigenvalue weighted by atomic mass is 32.2. The molecule has 1 aromatic carbocycles. The maximum atomic E-state index is 3.75. The molecule has 104 valence electrons. The lowest BCUT2D eigenvalue weighted by Gasteiger charge is -2.26. The molecule has 0 aromatic heterocycles. The van der Waals surface area contributed by atoms with E-state index in [0.717, 1.165) is 6.54 Å². The van der Waals surface area contributed by atoms with Gasteiger partial charge in [0.05, 0.1) is 0 Å². The SMILES string of the molecule is c1ccc2c(c1)CSCC2NCCCN1CCCC1. The molecule has 1 fully saturated rings. The van der Waals surface area contributed by atoms with Gasteiger partial charge in [0.1, 0.15) is 0 Å². The van der Waals surface area contributed by atoms with E-state index in [-0.39, 0.29) is 0 Å². The van der Waals surface area contributed by atoms with E-state index in [1.165, 1.54) is 61.5 Å². The zero-order valence-corrected chi connectivity index (χ0v) is 12.4. The zero-order chi connectivity index (χ0) is 12.9. The second-order valence-electron chi connectivity index (χ2n) is 5.62. The van der Waals surface area contributed by atoms with Gasteiger partial charge in [0.2, 0.25) is 0 Å².